The molecule has 104 valence electrons. The molecule has 19 heavy (non-hydrogen) atoms. The van der Waals surface area contributed by atoms with Crippen molar-refractivity contribution in [2.45, 2.75) is 18.2 Å². The first-order valence-electron chi connectivity index (χ1n) is 5.92. The number of hydrogen-bond donors (Lipinski definition) is 0. The second kappa shape index (κ2) is 5.41. The third-order valence-electron chi connectivity index (χ3n) is 3.28. The molecular formula is C13H13ClF3NO. The van der Waals surface area contributed by atoms with E-state index in [9.17, 15) is 18.0 Å². The molecule has 2 nitrogen and oxygen atoms in total. The van der Waals surface area contributed by atoms with E-state index in [-0.39, 0.29) is 11.3 Å². The van der Waals surface area contributed by atoms with Crippen molar-refractivity contribution in [1.82, 2.24) is 4.90 Å². The van der Waals surface area contributed by atoms with E-state index in [1.807, 2.05) is 0 Å². The average molecular weight is 292 g/mol. The van der Waals surface area contributed by atoms with Gasteiger partial charge in [0.1, 0.15) is 23.0 Å². The second-order valence-electron chi connectivity index (χ2n) is 4.86. The third kappa shape index (κ3) is 3.03. The van der Waals surface area contributed by atoms with Crippen molar-refractivity contribution in [3.05, 3.63) is 35.1 Å². The number of hydrogen-bond acceptors (Lipinski definition) is 1. The summed E-state index contributed by atoms with van der Waals surface area (Å²) in [6.07, 6.45) is 1.57. The van der Waals surface area contributed by atoms with Crippen LogP contribution in [0.25, 0.3) is 0 Å². The van der Waals surface area contributed by atoms with Gasteiger partial charge in [0, 0.05) is 31.1 Å². The van der Waals surface area contributed by atoms with Crippen LogP contribution in [0.1, 0.15) is 23.2 Å². The Kier molecular flexibility index (Phi) is 4.04. The predicted molar refractivity (Wildman–Crippen MR) is 65.6 cm³/mol. The first-order valence-corrected chi connectivity index (χ1v) is 6.36. The Labute approximate surface area is 114 Å². The minimum absolute atomic E-state index is 0.118. The molecule has 0 N–H and O–H groups in total. The van der Waals surface area contributed by atoms with Gasteiger partial charge in [-0.2, -0.15) is 0 Å². The van der Waals surface area contributed by atoms with Gasteiger partial charge in [0.2, 0.25) is 0 Å². The van der Waals surface area contributed by atoms with Crippen molar-refractivity contribution < 1.29 is 18.0 Å². The fourth-order valence-electron chi connectivity index (χ4n) is 2.21. The van der Waals surface area contributed by atoms with Crippen molar-refractivity contribution in [1.29, 1.82) is 0 Å². The van der Waals surface area contributed by atoms with Gasteiger partial charge in [-0.15, -0.1) is 11.6 Å². The molecule has 1 aromatic carbocycles. The Morgan fingerprint density at radius 2 is 1.84 bits per heavy atom. The molecule has 0 spiro atoms. The highest BCUT2D eigenvalue weighted by Gasteiger charge is 2.30. The molecule has 1 fully saturated rings. The lowest BCUT2D eigenvalue weighted by Gasteiger charge is -2.34. The zero-order valence-electron chi connectivity index (χ0n) is 10.3. The molecule has 0 aromatic heterocycles. The lowest BCUT2D eigenvalue weighted by atomic mass is 9.84. The molecule has 1 aliphatic rings. The van der Waals surface area contributed by atoms with E-state index >= 15 is 0 Å². The van der Waals surface area contributed by atoms with Crippen molar-refractivity contribution in [3.63, 3.8) is 0 Å². The summed E-state index contributed by atoms with van der Waals surface area (Å²) in [5, 5.41) is 0.118. The Hall–Kier alpha value is -1.23. The Morgan fingerprint density at radius 1 is 1.32 bits per heavy atom. The minimum atomic E-state index is -1.18. The average Bonchev–Trinajstić information content (AvgIpc) is 2.25. The lowest BCUT2D eigenvalue weighted by molar-refractivity contribution is 0.0737. The van der Waals surface area contributed by atoms with E-state index in [1.165, 1.54) is 11.9 Å². The maximum atomic E-state index is 13.5. The molecule has 6 heteroatoms. The Bertz CT molecular complexity index is 480. The number of alkyl halides is 1. The molecule has 1 aliphatic carbocycles. The highest BCUT2D eigenvalue weighted by atomic mass is 35.5. The summed E-state index contributed by atoms with van der Waals surface area (Å²) >= 11 is 5.83. The second-order valence-corrected chi connectivity index (χ2v) is 5.48. The van der Waals surface area contributed by atoms with Crippen LogP contribution in [-0.2, 0) is 0 Å². The maximum absolute atomic E-state index is 13.5. The zero-order chi connectivity index (χ0) is 14.2. The molecule has 2 rings (SSSR count). The normalized spacial score (nSPS) is 21.9. The van der Waals surface area contributed by atoms with Gasteiger partial charge < -0.3 is 4.90 Å². The lowest BCUT2D eigenvalue weighted by Crippen LogP contribution is -2.38. The van der Waals surface area contributed by atoms with Gasteiger partial charge >= 0.3 is 0 Å². The topological polar surface area (TPSA) is 20.3 Å². The van der Waals surface area contributed by atoms with Crippen LogP contribution < -0.4 is 0 Å². The van der Waals surface area contributed by atoms with Crippen molar-refractivity contribution >= 4 is 17.5 Å². The molecule has 0 radical (unpaired) electrons. The van der Waals surface area contributed by atoms with Gasteiger partial charge in [-0.1, -0.05) is 0 Å². The highest BCUT2D eigenvalue weighted by molar-refractivity contribution is 6.21. The summed E-state index contributed by atoms with van der Waals surface area (Å²) in [6, 6.07) is 1.00. The summed E-state index contributed by atoms with van der Waals surface area (Å²) in [5.41, 5.74) is -0.717. The van der Waals surface area contributed by atoms with Crippen LogP contribution in [-0.4, -0.2) is 29.8 Å². The van der Waals surface area contributed by atoms with E-state index in [1.54, 1.807) is 0 Å². The summed E-state index contributed by atoms with van der Waals surface area (Å²) in [4.78, 5) is 13.2. The maximum Gasteiger partial charge on any atom is 0.259 e. The number of rotatable bonds is 3. The standard InChI is InChI=1S/C13H13ClF3NO/c1-18(6-7-2-8(14)3-7)13(19)12-10(16)4-9(15)5-11(12)17/h4-5,7-8H,2-3,6H2,1H3. The number of carbonyl (C=O) groups excluding carboxylic acids is 1. The molecule has 0 aliphatic heterocycles. The number of halogens is 4. The van der Waals surface area contributed by atoms with Gasteiger partial charge in [0.15, 0.2) is 0 Å². The molecule has 1 aromatic rings. The highest BCUT2D eigenvalue weighted by Crippen LogP contribution is 2.32. The number of nitrogens with zero attached hydrogens (tertiary/aromatic N) is 1. The van der Waals surface area contributed by atoms with E-state index in [0.717, 1.165) is 12.8 Å². The van der Waals surface area contributed by atoms with Crippen molar-refractivity contribution in [3.8, 4) is 0 Å². The van der Waals surface area contributed by atoms with Crippen molar-refractivity contribution in [2.24, 2.45) is 5.92 Å². The quantitative estimate of drug-likeness (QED) is 0.783. The van der Waals surface area contributed by atoms with Crippen LogP contribution in [0.15, 0.2) is 12.1 Å². The third-order valence-corrected chi connectivity index (χ3v) is 3.63. The van der Waals surface area contributed by atoms with Gasteiger partial charge in [-0.25, -0.2) is 13.2 Å². The Morgan fingerprint density at radius 3 is 2.32 bits per heavy atom. The van der Waals surface area contributed by atoms with Crippen LogP contribution in [0.5, 0.6) is 0 Å². The van der Waals surface area contributed by atoms with Crippen molar-refractivity contribution in [2.75, 3.05) is 13.6 Å². The molecule has 0 saturated heterocycles. The molecule has 1 saturated carbocycles. The molecule has 0 atom stereocenters. The molecule has 0 unspecified atom stereocenters. The largest absolute Gasteiger partial charge is 0.341 e. The Balaban J connectivity index is 2.10. The van der Waals surface area contributed by atoms with E-state index in [0.29, 0.717) is 18.7 Å². The first kappa shape index (κ1) is 14.2. The van der Waals surface area contributed by atoms with Crippen LogP contribution in [0.2, 0.25) is 0 Å². The van der Waals surface area contributed by atoms with Crippen LogP contribution in [0, 0.1) is 23.4 Å². The number of amides is 1. The van der Waals surface area contributed by atoms with Crippen LogP contribution >= 0.6 is 11.6 Å². The minimum Gasteiger partial charge on any atom is -0.341 e. The van der Waals surface area contributed by atoms with E-state index < -0.39 is 28.9 Å². The SMILES string of the molecule is CN(CC1CC(Cl)C1)C(=O)c1c(F)cc(F)cc1F. The molecular weight excluding hydrogens is 279 g/mol. The zero-order valence-corrected chi connectivity index (χ0v) is 11.1. The molecule has 1 amide bonds. The van der Waals surface area contributed by atoms with Gasteiger partial charge in [-0.05, 0) is 18.8 Å². The molecule has 0 bridgehead atoms. The van der Waals surface area contributed by atoms with Gasteiger partial charge in [0.25, 0.3) is 5.91 Å². The van der Waals surface area contributed by atoms with Gasteiger partial charge in [0.05, 0.1) is 0 Å². The summed E-state index contributed by atoms with van der Waals surface area (Å²) in [6.45, 7) is 0.387. The smallest absolute Gasteiger partial charge is 0.259 e. The monoisotopic (exact) mass is 291 g/mol. The number of carbonyl (C=O) groups is 1. The summed E-state index contributed by atoms with van der Waals surface area (Å²) in [5.74, 6) is -3.94. The summed E-state index contributed by atoms with van der Waals surface area (Å²) in [7, 11) is 1.46. The predicted octanol–water partition coefficient (Wildman–Crippen LogP) is 3.19. The number of benzene rings is 1. The van der Waals surface area contributed by atoms with Gasteiger partial charge in [-0.3, -0.25) is 4.79 Å². The summed E-state index contributed by atoms with van der Waals surface area (Å²) < 4.78 is 39.7. The van der Waals surface area contributed by atoms with E-state index in [4.69, 9.17) is 11.6 Å². The van der Waals surface area contributed by atoms with E-state index in [2.05, 4.69) is 0 Å². The van der Waals surface area contributed by atoms with Crippen LogP contribution in [0.3, 0.4) is 0 Å². The fourth-order valence-corrected chi connectivity index (χ4v) is 2.71. The molecule has 0 heterocycles. The van der Waals surface area contributed by atoms with Crippen LogP contribution in [0.4, 0.5) is 13.2 Å². The first-order chi connectivity index (χ1) is 8.88. The fraction of sp³-hybridized carbons (Fsp3) is 0.462.